The van der Waals surface area contributed by atoms with Gasteiger partial charge in [0.05, 0.1) is 18.2 Å². The molecule has 0 aromatic heterocycles. The highest BCUT2D eigenvalue weighted by atomic mass is 79.9. The first-order valence-electron chi connectivity index (χ1n) is 7.02. The zero-order valence-corrected chi connectivity index (χ0v) is 14.1. The molecule has 1 amide bonds. The van der Waals surface area contributed by atoms with Crippen molar-refractivity contribution in [2.75, 3.05) is 13.7 Å². The zero-order chi connectivity index (χ0) is 16.1. The molecule has 116 valence electrons. The highest BCUT2D eigenvalue weighted by molar-refractivity contribution is 9.10. The number of amides is 1. The first-order chi connectivity index (χ1) is 10.6. The maximum Gasteiger partial charge on any atom is 0.262 e. The van der Waals surface area contributed by atoms with Crippen molar-refractivity contribution in [3.05, 3.63) is 27.7 Å². The van der Waals surface area contributed by atoms with Crippen LogP contribution in [0.2, 0.25) is 0 Å². The van der Waals surface area contributed by atoms with Crippen molar-refractivity contribution in [1.82, 2.24) is 5.32 Å². The average Bonchev–Trinajstić information content (AvgIpc) is 3.28. The Bertz CT molecular complexity index is 646. The minimum Gasteiger partial charge on any atom is -0.492 e. The van der Waals surface area contributed by atoms with Crippen LogP contribution in [0.5, 0.6) is 11.5 Å². The number of hydrogen-bond acceptors (Lipinski definition) is 4. The molecule has 0 radical (unpaired) electrons. The summed E-state index contributed by atoms with van der Waals surface area (Å²) in [6, 6.07) is 5.68. The summed E-state index contributed by atoms with van der Waals surface area (Å²) in [7, 11) is 1.56. The first kappa shape index (κ1) is 16.4. The predicted molar refractivity (Wildman–Crippen MR) is 86.6 cm³/mol. The Morgan fingerprint density at radius 1 is 1.55 bits per heavy atom. The van der Waals surface area contributed by atoms with Gasteiger partial charge in [0.15, 0.2) is 11.5 Å². The Hall–Kier alpha value is -2.00. The average molecular weight is 365 g/mol. The molecule has 0 atom stereocenters. The van der Waals surface area contributed by atoms with Crippen LogP contribution < -0.4 is 14.8 Å². The van der Waals surface area contributed by atoms with Crippen LogP contribution in [0.4, 0.5) is 0 Å². The van der Waals surface area contributed by atoms with Crippen LogP contribution >= 0.6 is 15.9 Å². The van der Waals surface area contributed by atoms with E-state index in [4.69, 9.17) is 9.47 Å². The minimum absolute atomic E-state index is 0.0754. The molecule has 0 bridgehead atoms. The summed E-state index contributed by atoms with van der Waals surface area (Å²) in [6.07, 6.45) is 3.50. The van der Waals surface area contributed by atoms with Gasteiger partial charge in [-0.3, -0.25) is 4.79 Å². The van der Waals surface area contributed by atoms with Gasteiger partial charge in [0, 0.05) is 6.04 Å². The van der Waals surface area contributed by atoms with Crippen LogP contribution in [-0.2, 0) is 4.79 Å². The Morgan fingerprint density at radius 3 is 2.82 bits per heavy atom. The maximum absolute atomic E-state index is 12.0. The van der Waals surface area contributed by atoms with Crippen LogP contribution in [0, 0.1) is 11.3 Å². The fourth-order valence-electron chi connectivity index (χ4n) is 1.94. The van der Waals surface area contributed by atoms with E-state index in [0.717, 1.165) is 12.8 Å². The van der Waals surface area contributed by atoms with E-state index in [1.165, 1.54) is 0 Å². The summed E-state index contributed by atoms with van der Waals surface area (Å²) >= 11 is 3.41. The monoisotopic (exact) mass is 364 g/mol. The van der Waals surface area contributed by atoms with Crippen LogP contribution in [0.15, 0.2) is 22.2 Å². The second-order valence-corrected chi connectivity index (χ2v) is 5.74. The van der Waals surface area contributed by atoms with Gasteiger partial charge in [0.2, 0.25) is 0 Å². The van der Waals surface area contributed by atoms with E-state index < -0.39 is 0 Å². The normalized spacial score (nSPS) is 14.2. The van der Waals surface area contributed by atoms with E-state index in [9.17, 15) is 10.1 Å². The van der Waals surface area contributed by atoms with Crippen LogP contribution in [-0.4, -0.2) is 25.7 Å². The van der Waals surface area contributed by atoms with E-state index in [0.29, 0.717) is 28.1 Å². The minimum atomic E-state index is -0.338. The zero-order valence-electron chi connectivity index (χ0n) is 12.5. The van der Waals surface area contributed by atoms with E-state index in [1.54, 1.807) is 25.3 Å². The van der Waals surface area contributed by atoms with E-state index in [-0.39, 0.29) is 17.5 Å². The Balaban J connectivity index is 2.31. The fourth-order valence-corrected chi connectivity index (χ4v) is 2.56. The lowest BCUT2D eigenvalue weighted by Crippen LogP contribution is -2.26. The molecule has 0 heterocycles. The molecule has 22 heavy (non-hydrogen) atoms. The van der Waals surface area contributed by atoms with Crippen LogP contribution in [0.3, 0.4) is 0 Å². The van der Waals surface area contributed by atoms with E-state index >= 15 is 0 Å². The van der Waals surface area contributed by atoms with Gasteiger partial charge in [-0.15, -0.1) is 0 Å². The SMILES string of the molecule is CCOc1cc(/C=C(\C#N)C(=O)NC2CC2)cc(Br)c1OC. The molecule has 0 unspecified atom stereocenters. The fraction of sp³-hybridized carbons (Fsp3) is 0.375. The number of hydrogen-bond donors (Lipinski definition) is 1. The van der Waals surface area contributed by atoms with Crippen molar-refractivity contribution in [2.45, 2.75) is 25.8 Å². The van der Waals surface area contributed by atoms with Gasteiger partial charge in [-0.2, -0.15) is 5.26 Å². The lowest BCUT2D eigenvalue weighted by Gasteiger charge is -2.12. The summed E-state index contributed by atoms with van der Waals surface area (Å²) in [4.78, 5) is 12.0. The lowest BCUT2D eigenvalue weighted by molar-refractivity contribution is -0.117. The van der Waals surface area contributed by atoms with Crippen molar-refractivity contribution >= 4 is 27.9 Å². The van der Waals surface area contributed by atoms with Gasteiger partial charge in [-0.25, -0.2) is 0 Å². The number of carbonyl (C=O) groups excluding carboxylic acids is 1. The van der Waals surface area contributed by atoms with Crippen molar-refractivity contribution in [3.8, 4) is 17.6 Å². The molecular weight excluding hydrogens is 348 g/mol. The Morgan fingerprint density at radius 2 is 2.27 bits per heavy atom. The van der Waals surface area contributed by atoms with Gasteiger partial charge in [0.1, 0.15) is 11.6 Å². The summed E-state index contributed by atoms with van der Waals surface area (Å²) in [5, 5.41) is 12.0. The number of nitrogens with zero attached hydrogens (tertiary/aromatic N) is 1. The molecule has 1 N–H and O–H groups in total. The maximum atomic E-state index is 12.0. The number of nitriles is 1. The first-order valence-corrected chi connectivity index (χ1v) is 7.81. The number of ether oxygens (including phenoxy) is 2. The van der Waals surface area contributed by atoms with Gasteiger partial charge in [0.25, 0.3) is 5.91 Å². The molecule has 1 aromatic rings. The molecule has 1 aliphatic rings. The van der Waals surface area contributed by atoms with Gasteiger partial charge < -0.3 is 14.8 Å². The summed E-state index contributed by atoms with van der Waals surface area (Å²) in [5.74, 6) is 0.806. The summed E-state index contributed by atoms with van der Waals surface area (Å²) in [5.41, 5.74) is 0.769. The largest absolute Gasteiger partial charge is 0.492 e. The van der Waals surface area contributed by atoms with Crippen molar-refractivity contribution in [1.29, 1.82) is 5.26 Å². The summed E-state index contributed by atoms with van der Waals surface area (Å²) < 4.78 is 11.5. The lowest BCUT2D eigenvalue weighted by atomic mass is 10.1. The van der Waals surface area contributed by atoms with Gasteiger partial charge in [-0.1, -0.05) is 0 Å². The molecule has 5 nitrogen and oxygen atoms in total. The van der Waals surface area contributed by atoms with Crippen molar-refractivity contribution in [3.63, 3.8) is 0 Å². The number of carbonyl (C=O) groups is 1. The Kier molecular flexibility index (Phi) is 5.45. The number of methoxy groups -OCH3 is 1. The topological polar surface area (TPSA) is 71.3 Å². The molecule has 6 heteroatoms. The van der Waals surface area contributed by atoms with Crippen LogP contribution in [0.1, 0.15) is 25.3 Å². The third kappa shape index (κ3) is 4.01. The molecule has 0 aliphatic heterocycles. The standard InChI is InChI=1S/C16H17BrN2O3/c1-3-22-14-8-10(7-13(17)15(14)21-2)6-11(9-18)16(20)19-12-4-5-12/h6-8,12H,3-5H2,1-2H3,(H,19,20)/b11-6+. The number of halogens is 1. The highest BCUT2D eigenvalue weighted by Gasteiger charge is 2.24. The molecule has 0 spiro atoms. The number of rotatable bonds is 6. The second kappa shape index (κ2) is 7.32. The number of benzene rings is 1. The molecule has 1 fully saturated rings. The Labute approximate surface area is 138 Å². The smallest absolute Gasteiger partial charge is 0.262 e. The highest BCUT2D eigenvalue weighted by Crippen LogP contribution is 2.37. The third-order valence-electron chi connectivity index (χ3n) is 3.12. The molecule has 2 rings (SSSR count). The molecule has 1 aliphatic carbocycles. The molecule has 1 saturated carbocycles. The second-order valence-electron chi connectivity index (χ2n) is 4.88. The molecule has 1 aromatic carbocycles. The summed E-state index contributed by atoms with van der Waals surface area (Å²) in [6.45, 7) is 2.36. The predicted octanol–water partition coefficient (Wildman–Crippen LogP) is 3.04. The van der Waals surface area contributed by atoms with Crippen LogP contribution in [0.25, 0.3) is 6.08 Å². The molecule has 0 saturated heterocycles. The quantitative estimate of drug-likeness (QED) is 0.621. The number of nitrogens with one attached hydrogen (secondary N) is 1. The van der Waals surface area contributed by atoms with Gasteiger partial charge >= 0.3 is 0 Å². The van der Waals surface area contributed by atoms with Gasteiger partial charge in [-0.05, 0) is 59.5 Å². The molecular formula is C16H17BrN2O3. The van der Waals surface area contributed by atoms with E-state index in [1.807, 2.05) is 13.0 Å². The van der Waals surface area contributed by atoms with Crippen molar-refractivity contribution in [2.24, 2.45) is 0 Å². The van der Waals surface area contributed by atoms with E-state index in [2.05, 4.69) is 21.2 Å². The van der Waals surface area contributed by atoms with Crippen molar-refractivity contribution < 1.29 is 14.3 Å². The third-order valence-corrected chi connectivity index (χ3v) is 3.71.